The zero-order chi connectivity index (χ0) is 43.8. The Bertz CT molecular complexity index is 1390. The molecular formula is C27H20F26O2. The zero-order valence-electron chi connectivity index (χ0n) is 26.3. The van der Waals surface area contributed by atoms with Gasteiger partial charge >= 0.3 is 71.6 Å². The van der Waals surface area contributed by atoms with Crippen molar-refractivity contribution in [3.8, 4) is 0 Å². The van der Waals surface area contributed by atoms with Gasteiger partial charge in [-0.15, -0.1) is 0 Å². The second kappa shape index (κ2) is 13.7. The topological polar surface area (TPSA) is 18.5 Å². The average molecular weight is 870 g/mol. The highest BCUT2D eigenvalue weighted by Gasteiger charge is 2.92. The predicted octanol–water partition coefficient (Wildman–Crippen LogP) is 11.9. The van der Waals surface area contributed by atoms with Gasteiger partial charge in [0.15, 0.2) is 5.79 Å². The van der Waals surface area contributed by atoms with Crippen LogP contribution in [-0.4, -0.2) is 84.8 Å². The molecule has 0 radical (unpaired) electrons. The third kappa shape index (κ3) is 7.46. The summed E-state index contributed by atoms with van der Waals surface area (Å²) in [5.41, 5.74) is -3.35. The van der Waals surface area contributed by atoms with Crippen molar-refractivity contribution in [1.29, 1.82) is 0 Å². The van der Waals surface area contributed by atoms with Crippen LogP contribution >= 0.6 is 0 Å². The van der Waals surface area contributed by atoms with E-state index in [1.54, 1.807) is 0 Å². The van der Waals surface area contributed by atoms with Gasteiger partial charge in [-0.3, -0.25) is 0 Å². The van der Waals surface area contributed by atoms with Crippen LogP contribution in [-0.2, 0) is 15.3 Å². The number of hydrogen-bond acceptors (Lipinski definition) is 2. The van der Waals surface area contributed by atoms with Crippen molar-refractivity contribution in [1.82, 2.24) is 0 Å². The summed E-state index contributed by atoms with van der Waals surface area (Å²) in [5.74, 6) is -81.8. The van der Waals surface area contributed by atoms with E-state index in [1.807, 2.05) is 0 Å². The Balaban J connectivity index is 2.59. The van der Waals surface area contributed by atoms with Gasteiger partial charge in [0.05, 0.1) is 13.2 Å². The van der Waals surface area contributed by atoms with Crippen molar-refractivity contribution in [2.24, 2.45) is 5.41 Å². The average Bonchev–Trinajstić information content (AvgIpc) is 3.02. The molecule has 1 aliphatic heterocycles. The number of benzene rings is 1. The summed E-state index contributed by atoms with van der Waals surface area (Å²) in [6.07, 6.45) is -26.7. The molecule has 28 heteroatoms. The first kappa shape index (κ1) is 48.5. The molecule has 1 saturated heterocycles. The highest BCUT2D eigenvalue weighted by molar-refractivity contribution is 5.20. The number of halogens is 26. The lowest BCUT2D eigenvalue weighted by Gasteiger charge is -2.47. The summed E-state index contributed by atoms with van der Waals surface area (Å²) in [6, 6.07) is 5.99. The number of ether oxygens (including phenoxy) is 2. The molecule has 0 atom stereocenters. The molecule has 0 bridgehead atoms. The molecule has 1 fully saturated rings. The van der Waals surface area contributed by atoms with Crippen LogP contribution in [0.2, 0.25) is 0 Å². The van der Waals surface area contributed by atoms with Crippen molar-refractivity contribution in [2.75, 3.05) is 13.2 Å². The van der Waals surface area contributed by atoms with Gasteiger partial charge in [-0.25, -0.2) is 0 Å². The number of alkyl halides is 26. The monoisotopic (exact) mass is 870 g/mol. The van der Waals surface area contributed by atoms with Crippen LogP contribution in [0.15, 0.2) is 30.3 Å². The Morgan fingerprint density at radius 2 is 0.691 bits per heavy atom. The molecular weight excluding hydrogens is 850 g/mol. The minimum atomic E-state index is -8.39. The van der Waals surface area contributed by atoms with Crippen LogP contribution in [0.1, 0.15) is 38.2 Å². The Kier molecular flexibility index (Phi) is 12.1. The van der Waals surface area contributed by atoms with Gasteiger partial charge in [0, 0.05) is 23.8 Å². The van der Waals surface area contributed by atoms with E-state index in [1.165, 1.54) is 18.2 Å². The molecule has 0 aromatic heterocycles. The van der Waals surface area contributed by atoms with E-state index in [0.717, 1.165) is 19.1 Å². The SMILES string of the molecule is CC1(c2ccccc2)OCC(CCC(F)(F)C(F)(F)C(F)(F)C(F)(F)C(F)(F)C(F)(F)F)(CCC(F)(F)C(F)(F)C(F)(F)C(F)(F)C(F)(F)C(F)(F)F)CO1. The fourth-order valence-corrected chi connectivity index (χ4v) is 4.75. The van der Waals surface area contributed by atoms with E-state index in [-0.39, 0.29) is 5.56 Å². The van der Waals surface area contributed by atoms with Crippen LogP contribution in [0, 0.1) is 5.41 Å². The fraction of sp³-hybridized carbons (Fsp3) is 0.778. The molecule has 55 heavy (non-hydrogen) atoms. The molecule has 2 nitrogen and oxygen atoms in total. The third-order valence-corrected chi connectivity index (χ3v) is 8.54. The summed E-state index contributed by atoms with van der Waals surface area (Å²) >= 11 is 0. The van der Waals surface area contributed by atoms with Gasteiger partial charge in [-0.05, 0) is 19.8 Å². The maximum Gasteiger partial charge on any atom is 0.460 e. The van der Waals surface area contributed by atoms with Gasteiger partial charge < -0.3 is 9.47 Å². The zero-order valence-corrected chi connectivity index (χ0v) is 26.3. The fourth-order valence-electron chi connectivity index (χ4n) is 4.75. The standard InChI is InChI=1S/C27H20F26O2/c1-14(13-5-3-2-4-6-13)54-11-15(12-55-14,7-9-16(28,29)18(32,33)20(36,37)22(40,41)24(44,45)26(48,49)50)8-10-17(30,31)19(34,35)21(38,39)23(42,43)25(46,47)27(51,52)53/h2-6H,7-12H2,1H3. The maximum absolute atomic E-state index is 14.6. The lowest BCUT2D eigenvalue weighted by Crippen LogP contribution is -2.70. The second-order valence-electron chi connectivity index (χ2n) is 12.4. The summed E-state index contributed by atoms with van der Waals surface area (Å²) in [4.78, 5) is 0. The first-order chi connectivity index (χ1) is 23.9. The van der Waals surface area contributed by atoms with E-state index in [9.17, 15) is 114 Å². The van der Waals surface area contributed by atoms with Gasteiger partial charge in [-0.1, -0.05) is 30.3 Å². The normalized spacial score (nSPS) is 19.1. The molecule has 0 amide bonds. The van der Waals surface area contributed by atoms with Crippen LogP contribution in [0.3, 0.4) is 0 Å². The Hall–Kier alpha value is -2.68. The van der Waals surface area contributed by atoms with E-state index in [2.05, 4.69) is 0 Å². The molecule has 1 aromatic carbocycles. The van der Waals surface area contributed by atoms with Gasteiger partial charge in [0.2, 0.25) is 0 Å². The van der Waals surface area contributed by atoms with Crippen molar-refractivity contribution < 1.29 is 124 Å². The Morgan fingerprint density at radius 1 is 0.418 bits per heavy atom. The van der Waals surface area contributed by atoms with Crippen molar-refractivity contribution in [3.05, 3.63) is 35.9 Å². The largest absolute Gasteiger partial charge is 0.460 e. The first-order valence-electron chi connectivity index (χ1n) is 14.2. The van der Waals surface area contributed by atoms with Gasteiger partial charge in [-0.2, -0.15) is 114 Å². The molecule has 0 N–H and O–H groups in total. The van der Waals surface area contributed by atoms with E-state index in [4.69, 9.17) is 9.47 Å². The summed E-state index contributed by atoms with van der Waals surface area (Å²) in [6.45, 7) is -2.41. The molecule has 322 valence electrons. The summed E-state index contributed by atoms with van der Waals surface area (Å²) < 4.78 is 363. The third-order valence-electron chi connectivity index (χ3n) is 8.54. The quantitative estimate of drug-likeness (QED) is 0.164. The highest BCUT2D eigenvalue weighted by atomic mass is 19.4. The number of hydrogen-bond donors (Lipinski definition) is 0. The van der Waals surface area contributed by atoms with Crippen molar-refractivity contribution in [3.63, 3.8) is 0 Å². The molecule has 0 spiro atoms. The molecule has 1 aromatic rings. The van der Waals surface area contributed by atoms with E-state index < -0.39 is 122 Å². The van der Waals surface area contributed by atoms with Crippen molar-refractivity contribution in [2.45, 2.75) is 110 Å². The van der Waals surface area contributed by atoms with Crippen LogP contribution in [0.4, 0.5) is 114 Å². The van der Waals surface area contributed by atoms with E-state index in [0.29, 0.717) is 0 Å². The van der Waals surface area contributed by atoms with Crippen LogP contribution in [0.5, 0.6) is 0 Å². The second-order valence-corrected chi connectivity index (χ2v) is 12.4. The Morgan fingerprint density at radius 3 is 0.964 bits per heavy atom. The lowest BCUT2D eigenvalue weighted by atomic mass is 9.76. The smallest absolute Gasteiger partial charge is 0.345 e. The predicted molar refractivity (Wildman–Crippen MR) is 128 cm³/mol. The molecule has 2 rings (SSSR count). The minimum Gasteiger partial charge on any atom is -0.345 e. The van der Waals surface area contributed by atoms with Crippen molar-refractivity contribution >= 4 is 0 Å². The molecule has 0 saturated carbocycles. The lowest BCUT2D eigenvalue weighted by molar-refractivity contribution is -0.441. The summed E-state index contributed by atoms with van der Waals surface area (Å²) in [5, 5.41) is 0. The minimum absolute atomic E-state index is 0.128. The maximum atomic E-state index is 14.6. The van der Waals surface area contributed by atoms with Crippen LogP contribution in [0.25, 0.3) is 0 Å². The highest BCUT2D eigenvalue weighted by Crippen LogP contribution is 2.63. The van der Waals surface area contributed by atoms with Crippen LogP contribution < -0.4 is 0 Å². The first-order valence-corrected chi connectivity index (χ1v) is 14.2. The summed E-state index contributed by atoms with van der Waals surface area (Å²) in [7, 11) is 0. The Labute approximate surface area is 289 Å². The number of rotatable bonds is 15. The van der Waals surface area contributed by atoms with Gasteiger partial charge in [0.1, 0.15) is 0 Å². The molecule has 0 aliphatic carbocycles. The van der Waals surface area contributed by atoms with Gasteiger partial charge in [0.25, 0.3) is 0 Å². The molecule has 1 heterocycles. The molecule has 0 unspecified atom stereocenters. The molecule has 1 aliphatic rings. The van der Waals surface area contributed by atoms with E-state index >= 15 is 0 Å².